The lowest BCUT2D eigenvalue weighted by atomic mass is 9.65. The highest BCUT2D eigenvalue weighted by Gasteiger charge is 2.72. The number of nitrogens with zero attached hydrogens (tertiary/aromatic N) is 1. The number of ether oxygens (including phenoxy) is 2. The van der Waals surface area contributed by atoms with Gasteiger partial charge in [0.25, 0.3) is 0 Å². The maximum atomic E-state index is 14.8. The van der Waals surface area contributed by atoms with Gasteiger partial charge >= 0.3 is 5.97 Å². The molecule has 1 aromatic rings. The first kappa shape index (κ1) is 32.0. The molecule has 4 atom stereocenters. The van der Waals surface area contributed by atoms with E-state index in [1.807, 2.05) is 55.4 Å². The summed E-state index contributed by atoms with van der Waals surface area (Å²) < 4.78 is 44.4. The maximum Gasteiger partial charge on any atom is 0.340 e. The zero-order valence-electron chi connectivity index (χ0n) is 27.0. The number of hydrogen-bond acceptors (Lipinski definition) is 5. The van der Waals surface area contributed by atoms with Crippen LogP contribution in [0.25, 0.3) is 0 Å². The third-order valence-electron chi connectivity index (χ3n) is 11.8. The SMILES string of the molecule is CC(C)(C)O[C@@H](C(=O)O[C@@H]1C[C@@]2(C)CC[C@]1(CS(=O)(=O)N(C1CCCCC1)C1CCCCC1)C2(C)C)c1ccccc1. The molecule has 0 aromatic heterocycles. The number of benzene rings is 1. The van der Waals surface area contributed by atoms with Crippen molar-refractivity contribution < 1.29 is 22.7 Å². The Kier molecular flexibility index (Phi) is 8.99. The van der Waals surface area contributed by atoms with E-state index < -0.39 is 39.2 Å². The lowest BCUT2D eigenvalue weighted by Crippen LogP contribution is -2.55. The van der Waals surface area contributed by atoms with Gasteiger partial charge in [-0.15, -0.1) is 0 Å². The molecule has 6 nitrogen and oxygen atoms in total. The summed E-state index contributed by atoms with van der Waals surface area (Å²) in [4.78, 5) is 14.0. The molecule has 2 bridgehead atoms. The Morgan fingerprint density at radius 2 is 1.45 bits per heavy atom. The van der Waals surface area contributed by atoms with Crippen molar-refractivity contribution in [1.29, 1.82) is 0 Å². The van der Waals surface area contributed by atoms with E-state index in [9.17, 15) is 13.2 Å². The Labute approximate surface area is 255 Å². The summed E-state index contributed by atoms with van der Waals surface area (Å²) in [5, 5.41) is 0. The fraction of sp³-hybridized carbons (Fsp3) is 0.800. The molecule has 0 amide bonds. The van der Waals surface area contributed by atoms with Gasteiger partial charge in [-0.2, -0.15) is 4.31 Å². The quantitative estimate of drug-likeness (QED) is 0.269. The topological polar surface area (TPSA) is 72.9 Å². The minimum atomic E-state index is -3.61. The molecule has 4 aliphatic carbocycles. The molecule has 4 saturated carbocycles. The largest absolute Gasteiger partial charge is 0.460 e. The number of carbonyl (C=O) groups is 1. The molecule has 0 aliphatic heterocycles. The summed E-state index contributed by atoms with van der Waals surface area (Å²) in [6.45, 7) is 12.6. The summed E-state index contributed by atoms with van der Waals surface area (Å²) >= 11 is 0. The molecule has 0 spiro atoms. The van der Waals surface area contributed by atoms with Crippen molar-refractivity contribution in [2.24, 2.45) is 16.2 Å². The molecule has 42 heavy (non-hydrogen) atoms. The van der Waals surface area contributed by atoms with Gasteiger partial charge in [0.05, 0.1) is 11.4 Å². The van der Waals surface area contributed by atoms with Crippen molar-refractivity contribution >= 4 is 16.0 Å². The average molecular weight is 602 g/mol. The van der Waals surface area contributed by atoms with Gasteiger partial charge in [0.2, 0.25) is 10.0 Å². The molecule has 236 valence electrons. The molecule has 5 rings (SSSR count). The summed E-state index contributed by atoms with van der Waals surface area (Å²) in [5.74, 6) is -0.356. The molecule has 0 radical (unpaired) electrons. The molecule has 1 aromatic carbocycles. The van der Waals surface area contributed by atoms with Crippen molar-refractivity contribution in [1.82, 2.24) is 4.31 Å². The number of carbonyl (C=O) groups excluding carboxylic acids is 1. The smallest absolute Gasteiger partial charge is 0.340 e. The van der Waals surface area contributed by atoms with Crippen molar-refractivity contribution in [3.63, 3.8) is 0 Å². The first-order valence-electron chi connectivity index (χ1n) is 16.6. The summed E-state index contributed by atoms with van der Waals surface area (Å²) in [6, 6.07) is 9.73. The standard InChI is InChI=1S/C35H55NO5S/c1-32(2,3)41-30(26-16-10-7-11-17-26)31(37)40-29-24-34(6)22-23-35(29,33(34,4)5)25-42(38,39)36(27-18-12-8-13-19-27)28-20-14-9-15-21-28/h7,10-11,16-17,27-30H,8-9,12-15,18-25H2,1-6H3/t29-,30-,34-,35-/m1/s1. The zero-order chi connectivity index (χ0) is 30.4. The minimum absolute atomic E-state index is 0.0592. The van der Waals surface area contributed by atoms with E-state index in [4.69, 9.17) is 9.47 Å². The van der Waals surface area contributed by atoms with Crippen LogP contribution in [0.15, 0.2) is 30.3 Å². The van der Waals surface area contributed by atoms with Gasteiger partial charge in [0, 0.05) is 17.5 Å². The van der Waals surface area contributed by atoms with Crippen molar-refractivity contribution in [2.75, 3.05) is 5.75 Å². The summed E-state index contributed by atoms with van der Waals surface area (Å²) in [6.07, 6.45) is 11.7. The van der Waals surface area contributed by atoms with Crippen LogP contribution in [0.4, 0.5) is 0 Å². The van der Waals surface area contributed by atoms with Gasteiger partial charge in [-0.3, -0.25) is 0 Å². The highest BCUT2D eigenvalue weighted by molar-refractivity contribution is 7.89. The Bertz CT molecular complexity index is 1180. The number of esters is 1. The van der Waals surface area contributed by atoms with Crippen molar-refractivity contribution in [2.45, 2.75) is 155 Å². The zero-order valence-corrected chi connectivity index (χ0v) is 27.8. The van der Waals surface area contributed by atoms with Crippen LogP contribution < -0.4 is 0 Å². The van der Waals surface area contributed by atoms with Crippen LogP contribution >= 0.6 is 0 Å². The number of hydrogen-bond donors (Lipinski definition) is 0. The van der Waals surface area contributed by atoms with E-state index in [1.165, 1.54) is 12.8 Å². The molecule has 0 heterocycles. The van der Waals surface area contributed by atoms with Crippen LogP contribution in [0.1, 0.15) is 137 Å². The van der Waals surface area contributed by atoms with Gasteiger partial charge in [-0.1, -0.05) is 89.6 Å². The number of fused-ring (bicyclic) bond motifs is 2. The van der Waals surface area contributed by atoms with E-state index in [2.05, 4.69) is 20.8 Å². The van der Waals surface area contributed by atoms with E-state index in [0.717, 1.165) is 69.8 Å². The van der Waals surface area contributed by atoms with Crippen LogP contribution in [0, 0.1) is 16.2 Å². The highest BCUT2D eigenvalue weighted by atomic mass is 32.2. The van der Waals surface area contributed by atoms with Gasteiger partial charge in [-0.25, -0.2) is 13.2 Å². The van der Waals surface area contributed by atoms with Crippen LogP contribution in [-0.4, -0.2) is 48.2 Å². The average Bonchev–Trinajstić information content (AvgIpc) is 3.21. The van der Waals surface area contributed by atoms with Crippen LogP contribution in [0.5, 0.6) is 0 Å². The highest BCUT2D eigenvalue weighted by Crippen LogP contribution is 2.73. The summed E-state index contributed by atoms with van der Waals surface area (Å²) in [7, 11) is -3.61. The van der Waals surface area contributed by atoms with Crippen LogP contribution in [0.2, 0.25) is 0 Å². The van der Waals surface area contributed by atoms with Crippen molar-refractivity contribution in [3.05, 3.63) is 35.9 Å². The molecule has 4 aliphatic rings. The minimum Gasteiger partial charge on any atom is -0.460 e. The van der Waals surface area contributed by atoms with Gasteiger partial charge < -0.3 is 9.47 Å². The van der Waals surface area contributed by atoms with E-state index in [-0.39, 0.29) is 28.7 Å². The summed E-state index contributed by atoms with van der Waals surface area (Å²) in [5.41, 5.74) is -0.827. The first-order chi connectivity index (χ1) is 19.7. The maximum absolute atomic E-state index is 14.8. The van der Waals surface area contributed by atoms with Crippen molar-refractivity contribution in [3.8, 4) is 0 Å². The Hall–Kier alpha value is -1.44. The molecular weight excluding hydrogens is 546 g/mol. The predicted octanol–water partition coefficient (Wildman–Crippen LogP) is 7.97. The lowest BCUT2D eigenvalue weighted by molar-refractivity contribution is -0.179. The van der Waals surface area contributed by atoms with E-state index >= 15 is 0 Å². The third kappa shape index (κ3) is 5.96. The van der Waals surface area contributed by atoms with Crippen LogP contribution in [0.3, 0.4) is 0 Å². The van der Waals surface area contributed by atoms with E-state index in [1.54, 1.807) is 0 Å². The van der Waals surface area contributed by atoms with E-state index in [0.29, 0.717) is 6.42 Å². The molecule has 4 fully saturated rings. The monoisotopic (exact) mass is 601 g/mol. The fourth-order valence-corrected chi connectivity index (χ4v) is 11.8. The third-order valence-corrected chi connectivity index (χ3v) is 13.9. The first-order valence-corrected chi connectivity index (χ1v) is 18.2. The molecular formula is C35H55NO5S. The lowest BCUT2D eigenvalue weighted by Gasteiger charge is -2.46. The predicted molar refractivity (Wildman–Crippen MR) is 167 cm³/mol. The second-order valence-corrected chi connectivity index (χ2v) is 17.5. The van der Waals surface area contributed by atoms with Gasteiger partial charge in [0.1, 0.15) is 6.10 Å². The fourth-order valence-electron chi connectivity index (χ4n) is 9.01. The number of sulfonamides is 1. The Balaban J connectivity index is 1.47. The second-order valence-electron chi connectivity index (χ2n) is 15.7. The van der Waals surface area contributed by atoms with Gasteiger partial charge in [-0.05, 0) is 82.1 Å². The van der Waals surface area contributed by atoms with Crippen LogP contribution in [-0.2, 0) is 24.3 Å². The normalized spacial score (nSPS) is 31.4. The molecule has 0 saturated heterocycles. The van der Waals surface area contributed by atoms with Gasteiger partial charge in [0.15, 0.2) is 6.10 Å². The number of rotatable bonds is 9. The second kappa shape index (κ2) is 11.8. The molecule has 0 N–H and O–H groups in total. The molecule has 7 heteroatoms. The Morgan fingerprint density at radius 3 is 1.95 bits per heavy atom. The molecule has 0 unspecified atom stereocenters. The Morgan fingerprint density at radius 1 is 0.905 bits per heavy atom.